The predicted molar refractivity (Wildman–Crippen MR) is 85.4 cm³/mol. The smallest absolute Gasteiger partial charge is 0.254 e. The van der Waals surface area contributed by atoms with Gasteiger partial charge in [0.1, 0.15) is 5.82 Å². The first-order valence-electron chi connectivity index (χ1n) is 7.91. The van der Waals surface area contributed by atoms with Crippen molar-refractivity contribution in [2.24, 2.45) is 5.92 Å². The molecule has 1 aromatic carbocycles. The van der Waals surface area contributed by atoms with Gasteiger partial charge in [-0.05, 0) is 50.3 Å². The molecule has 116 valence electrons. The molecule has 1 atom stereocenters. The largest absolute Gasteiger partial charge is 0.339 e. The first kappa shape index (κ1) is 14.9. The van der Waals surface area contributed by atoms with Gasteiger partial charge in [-0.3, -0.25) is 9.78 Å². The van der Waals surface area contributed by atoms with E-state index in [1.54, 1.807) is 6.07 Å². The van der Waals surface area contributed by atoms with Gasteiger partial charge in [-0.1, -0.05) is 6.92 Å². The van der Waals surface area contributed by atoms with E-state index in [0.29, 0.717) is 17.0 Å². The van der Waals surface area contributed by atoms with Crippen molar-refractivity contribution in [3.05, 3.63) is 41.3 Å². The van der Waals surface area contributed by atoms with Crippen LogP contribution in [0.15, 0.2) is 24.3 Å². The second-order valence-corrected chi connectivity index (χ2v) is 6.30. The highest BCUT2D eigenvalue weighted by molar-refractivity contribution is 6.06. The van der Waals surface area contributed by atoms with Gasteiger partial charge in [-0.15, -0.1) is 0 Å². The SMILES string of the molecule is Cc1cc(C(=O)N2CCC[C@H](C)CC2)c2ccc(F)cc2n1. The summed E-state index contributed by atoms with van der Waals surface area (Å²) in [7, 11) is 0. The first-order valence-corrected chi connectivity index (χ1v) is 7.91. The van der Waals surface area contributed by atoms with Gasteiger partial charge < -0.3 is 4.90 Å². The number of pyridine rings is 1. The van der Waals surface area contributed by atoms with E-state index in [1.807, 2.05) is 17.9 Å². The van der Waals surface area contributed by atoms with Crippen LogP contribution in [-0.2, 0) is 0 Å². The number of hydrogen-bond donors (Lipinski definition) is 0. The van der Waals surface area contributed by atoms with Gasteiger partial charge in [0.25, 0.3) is 5.91 Å². The van der Waals surface area contributed by atoms with Crippen molar-refractivity contribution in [1.29, 1.82) is 0 Å². The molecule has 3 rings (SSSR count). The average molecular weight is 300 g/mol. The third-order valence-electron chi connectivity index (χ3n) is 4.43. The molecule has 1 fully saturated rings. The number of carbonyl (C=O) groups excluding carboxylic acids is 1. The van der Waals surface area contributed by atoms with E-state index in [9.17, 15) is 9.18 Å². The van der Waals surface area contributed by atoms with Crippen LogP contribution in [0.3, 0.4) is 0 Å². The summed E-state index contributed by atoms with van der Waals surface area (Å²) in [5.41, 5.74) is 1.92. The number of benzene rings is 1. The maximum Gasteiger partial charge on any atom is 0.254 e. The Hall–Kier alpha value is -1.97. The second-order valence-electron chi connectivity index (χ2n) is 6.30. The summed E-state index contributed by atoms with van der Waals surface area (Å²) in [6.07, 6.45) is 3.26. The van der Waals surface area contributed by atoms with Gasteiger partial charge in [-0.2, -0.15) is 0 Å². The highest BCUT2D eigenvalue weighted by Gasteiger charge is 2.22. The number of aryl methyl sites for hydroxylation is 1. The van der Waals surface area contributed by atoms with Crippen LogP contribution < -0.4 is 0 Å². The molecule has 2 heterocycles. The van der Waals surface area contributed by atoms with Gasteiger partial charge in [0, 0.05) is 30.2 Å². The molecule has 1 amide bonds. The Balaban J connectivity index is 1.99. The Labute approximate surface area is 130 Å². The lowest BCUT2D eigenvalue weighted by atomic mass is 10.0. The Bertz CT molecular complexity index is 708. The zero-order valence-electron chi connectivity index (χ0n) is 13.1. The maximum atomic E-state index is 13.4. The Morgan fingerprint density at radius 3 is 2.91 bits per heavy atom. The fourth-order valence-electron chi connectivity index (χ4n) is 3.15. The van der Waals surface area contributed by atoms with Crippen LogP contribution in [0.4, 0.5) is 4.39 Å². The number of nitrogens with zero attached hydrogens (tertiary/aromatic N) is 2. The average Bonchev–Trinajstić information content (AvgIpc) is 2.70. The second kappa shape index (κ2) is 6.03. The van der Waals surface area contributed by atoms with Crippen LogP contribution in [0.5, 0.6) is 0 Å². The molecule has 1 saturated heterocycles. The van der Waals surface area contributed by atoms with Crippen molar-refractivity contribution < 1.29 is 9.18 Å². The predicted octanol–water partition coefficient (Wildman–Crippen LogP) is 3.94. The molecule has 0 aliphatic carbocycles. The summed E-state index contributed by atoms with van der Waals surface area (Å²) in [6.45, 7) is 5.67. The minimum atomic E-state index is -0.326. The van der Waals surface area contributed by atoms with Crippen LogP contribution >= 0.6 is 0 Å². The number of hydrogen-bond acceptors (Lipinski definition) is 2. The Morgan fingerprint density at radius 2 is 2.09 bits per heavy atom. The highest BCUT2D eigenvalue weighted by Crippen LogP contribution is 2.23. The summed E-state index contributed by atoms with van der Waals surface area (Å²) < 4.78 is 13.4. The summed E-state index contributed by atoms with van der Waals surface area (Å²) in [4.78, 5) is 19.2. The van der Waals surface area contributed by atoms with Crippen molar-refractivity contribution in [2.45, 2.75) is 33.1 Å². The van der Waals surface area contributed by atoms with Crippen LogP contribution in [-0.4, -0.2) is 28.9 Å². The van der Waals surface area contributed by atoms with E-state index in [4.69, 9.17) is 0 Å². The molecule has 2 aromatic rings. The first-order chi connectivity index (χ1) is 10.5. The summed E-state index contributed by atoms with van der Waals surface area (Å²) in [5.74, 6) is 0.381. The molecule has 0 spiro atoms. The topological polar surface area (TPSA) is 33.2 Å². The number of likely N-dealkylation sites (tertiary alicyclic amines) is 1. The monoisotopic (exact) mass is 300 g/mol. The summed E-state index contributed by atoms with van der Waals surface area (Å²) >= 11 is 0. The normalized spacial score (nSPS) is 19.2. The molecule has 0 saturated carbocycles. The van der Waals surface area contributed by atoms with Gasteiger partial charge in [0.15, 0.2) is 0 Å². The minimum Gasteiger partial charge on any atom is -0.339 e. The van der Waals surface area contributed by atoms with Gasteiger partial charge in [0.2, 0.25) is 0 Å². The van der Waals surface area contributed by atoms with Crippen molar-refractivity contribution in [2.75, 3.05) is 13.1 Å². The quantitative estimate of drug-likeness (QED) is 0.799. The lowest BCUT2D eigenvalue weighted by Crippen LogP contribution is -2.32. The minimum absolute atomic E-state index is 0.0382. The third-order valence-corrected chi connectivity index (χ3v) is 4.43. The fourth-order valence-corrected chi connectivity index (χ4v) is 3.15. The molecule has 0 bridgehead atoms. The van der Waals surface area contributed by atoms with Crippen molar-refractivity contribution >= 4 is 16.8 Å². The van der Waals surface area contributed by atoms with E-state index in [0.717, 1.165) is 37.0 Å². The van der Waals surface area contributed by atoms with Crippen molar-refractivity contribution in [3.8, 4) is 0 Å². The molecular formula is C18H21FN2O. The number of carbonyl (C=O) groups is 1. The van der Waals surface area contributed by atoms with Crippen molar-refractivity contribution in [1.82, 2.24) is 9.88 Å². The maximum absolute atomic E-state index is 13.4. The molecule has 4 heteroatoms. The standard InChI is InChI=1S/C18H21FN2O/c1-12-4-3-8-21(9-7-12)18(22)16-10-13(2)20-17-11-14(19)5-6-15(16)17/h5-6,10-12H,3-4,7-9H2,1-2H3/t12-/m0/s1. The lowest BCUT2D eigenvalue weighted by molar-refractivity contribution is 0.0762. The Kier molecular flexibility index (Phi) is 4.10. The Morgan fingerprint density at radius 1 is 1.27 bits per heavy atom. The van der Waals surface area contributed by atoms with Gasteiger partial charge >= 0.3 is 0 Å². The number of rotatable bonds is 1. The molecule has 1 aliphatic heterocycles. The van der Waals surface area contributed by atoms with Crippen molar-refractivity contribution in [3.63, 3.8) is 0 Å². The molecule has 3 nitrogen and oxygen atoms in total. The number of fused-ring (bicyclic) bond motifs is 1. The van der Waals surface area contributed by atoms with E-state index < -0.39 is 0 Å². The van der Waals surface area contributed by atoms with E-state index in [1.165, 1.54) is 18.6 Å². The van der Waals surface area contributed by atoms with Crippen LogP contribution in [0.25, 0.3) is 10.9 Å². The van der Waals surface area contributed by atoms with Crippen LogP contribution in [0, 0.1) is 18.7 Å². The van der Waals surface area contributed by atoms with Gasteiger partial charge in [0.05, 0.1) is 11.1 Å². The van der Waals surface area contributed by atoms with E-state index in [2.05, 4.69) is 11.9 Å². The molecule has 0 N–H and O–H groups in total. The highest BCUT2D eigenvalue weighted by atomic mass is 19.1. The summed E-state index contributed by atoms with van der Waals surface area (Å²) in [5, 5.41) is 0.731. The lowest BCUT2D eigenvalue weighted by Gasteiger charge is -2.21. The van der Waals surface area contributed by atoms with E-state index >= 15 is 0 Å². The zero-order valence-corrected chi connectivity index (χ0v) is 13.1. The molecule has 1 aromatic heterocycles. The van der Waals surface area contributed by atoms with E-state index in [-0.39, 0.29) is 11.7 Å². The zero-order chi connectivity index (χ0) is 15.7. The van der Waals surface area contributed by atoms with Crippen LogP contribution in [0.1, 0.15) is 42.2 Å². The molecule has 1 aliphatic rings. The van der Waals surface area contributed by atoms with Gasteiger partial charge in [-0.25, -0.2) is 4.39 Å². The number of halogens is 1. The molecule has 0 radical (unpaired) electrons. The summed E-state index contributed by atoms with van der Waals surface area (Å²) in [6, 6.07) is 6.26. The third kappa shape index (κ3) is 2.96. The van der Waals surface area contributed by atoms with Crippen LogP contribution in [0.2, 0.25) is 0 Å². The number of aromatic nitrogens is 1. The fraction of sp³-hybridized carbons (Fsp3) is 0.444. The molecule has 22 heavy (non-hydrogen) atoms. The molecule has 0 unspecified atom stereocenters. The number of amides is 1. The molecular weight excluding hydrogens is 279 g/mol.